The molecule has 3 heteroatoms. The first kappa shape index (κ1) is 7.92. The van der Waals surface area contributed by atoms with Gasteiger partial charge in [0, 0.05) is 0 Å². The van der Waals surface area contributed by atoms with E-state index < -0.39 is 11.3 Å². The molecule has 0 bridgehead atoms. The fourth-order valence-electron chi connectivity index (χ4n) is 0.387. The zero-order chi connectivity index (χ0) is 6.57. The van der Waals surface area contributed by atoms with Gasteiger partial charge in [0.15, 0.2) is 0 Å². The number of hydrogen-bond acceptors (Lipinski definition) is 2. The van der Waals surface area contributed by atoms with Crippen molar-refractivity contribution in [3.8, 4) is 0 Å². The minimum atomic E-state index is -0.957. The Labute approximate surface area is 53.5 Å². The maximum absolute atomic E-state index is 10.0. The van der Waals surface area contributed by atoms with Crippen LogP contribution in [0.5, 0.6) is 0 Å². The van der Waals surface area contributed by atoms with Crippen molar-refractivity contribution in [1.82, 2.24) is 0 Å². The lowest BCUT2D eigenvalue weighted by Gasteiger charge is -1.99. The van der Waals surface area contributed by atoms with Crippen LogP contribution in [0.3, 0.4) is 0 Å². The first-order chi connectivity index (χ1) is 3.68. The lowest BCUT2D eigenvalue weighted by molar-refractivity contribution is -0.119. The minimum Gasteiger partial charge on any atom is -0.384 e. The molecule has 2 nitrogen and oxygen atoms in total. The molecule has 8 heavy (non-hydrogen) atoms. The maximum Gasteiger partial charge on any atom is 0.250 e. The van der Waals surface area contributed by atoms with Crippen LogP contribution < -0.4 is 0 Å². The fraction of sp³-hybridized carbons (Fsp3) is 0.800. The van der Waals surface area contributed by atoms with E-state index in [0.717, 1.165) is 6.42 Å². The van der Waals surface area contributed by atoms with E-state index in [1.165, 1.54) is 0 Å². The van der Waals surface area contributed by atoms with E-state index in [1.807, 2.05) is 6.92 Å². The van der Waals surface area contributed by atoms with Crippen molar-refractivity contribution >= 4 is 16.8 Å². The molecule has 0 aliphatic carbocycles. The van der Waals surface area contributed by atoms with Crippen LogP contribution in [-0.4, -0.2) is 16.5 Å². The van der Waals surface area contributed by atoms with Crippen LogP contribution in [0.25, 0.3) is 0 Å². The van der Waals surface area contributed by atoms with Crippen LogP contribution in [0.1, 0.15) is 19.8 Å². The molecule has 0 fully saturated rings. The van der Waals surface area contributed by atoms with Gasteiger partial charge in [0.25, 0.3) is 0 Å². The van der Waals surface area contributed by atoms with E-state index in [2.05, 4.69) is 0 Å². The summed E-state index contributed by atoms with van der Waals surface area (Å²) in [5.74, 6) is 0. The van der Waals surface area contributed by atoms with Crippen LogP contribution >= 0.6 is 11.6 Å². The van der Waals surface area contributed by atoms with Gasteiger partial charge in [0.05, 0.1) is 0 Å². The van der Waals surface area contributed by atoms with Gasteiger partial charge in [-0.15, -0.1) is 0 Å². The van der Waals surface area contributed by atoms with E-state index in [9.17, 15) is 4.79 Å². The predicted octanol–water partition coefficient (Wildman–Crippen LogP) is 0.913. The van der Waals surface area contributed by atoms with E-state index in [1.54, 1.807) is 0 Å². The molecular weight excluding hydrogens is 128 g/mol. The van der Waals surface area contributed by atoms with E-state index >= 15 is 0 Å². The summed E-state index contributed by atoms with van der Waals surface area (Å²) < 4.78 is 0. The smallest absolute Gasteiger partial charge is 0.250 e. The second-order valence-electron chi connectivity index (χ2n) is 1.61. The summed E-state index contributed by atoms with van der Waals surface area (Å²) in [6.07, 6.45) is 0.281. The molecule has 0 aromatic rings. The predicted molar refractivity (Wildman–Crippen MR) is 31.8 cm³/mol. The Morgan fingerprint density at radius 2 is 2.38 bits per heavy atom. The molecule has 0 heterocycles. The first-order valence-electron chi connectivity index (χ1n) is 2.56. The highest BCUT2D eigenvalue weighted by molar-refractivity contribution is 6.64. The Morgan fingerprint density at radius 3 is 2.50 bits per heavy atom. The summed E-state index contributed by atoms with van der Waals surface area (Å²) in [4.78, 5) is 10.0. The minimum absolute atomic E-state index is 0.461. The molecule has 0 aromatic heterocycles. The normalized spacial score (nSPS) is 13.4. The lowest BCUT2D eigenvalue weighted by atomic mass is 10.2. The number of halogens is 1. The number of carbonyl (C=O) groups excluding carboxylic acids is 1. The van der Waals surface area contributed by atoms with Gasteiger partial charge in [0.1, 0.15) is 6.10 Å². The third-order valence-electron chi connectivity index (χ3n) is 0.824. The average Bonchev–Trinajstić information content (AvgIpc) is 1.67. The van der Waals surface area contributed by atoms with Crippen LogP contribution in [0.15, 0.2) is 0 Å². The summed E-state index contributed by atoms with van der Waals surface area (Å²) in [5.41, 5.74) is 0. The van der Waals surface area contributed by atoms with Gasteiger partial charge in [-0.25, -0.2) is 0 Å². The molecule has 1 N–H and O–H groups in total. The van der Waals surface area contributed by atoms with Gasteiger partial charge < -0.3 is 5.11 Å². The second kappa shape index (κ2) is 3.87. The highest BCUT2D eigenvalue weighted by Gasteiger charge is 2.08. The van der Waals surface area contributed by atoms with Crippen molar-refractivity contribution in [3.05, 3.63) is 0 Å². The molecule has 0 saturated carbocycles. The Balaban J connectivity index is 3.32. The van der Waals surface area contributed by atoms with Crippen molar-refractivity contribution in [2.45, 2.75) is 25.9 Å². The number of aliphatic hydroxyl groups is 1. The summed E-state index contributed by atoms with van der Waals surface area (Å²) in [5, 5.41) is 7.98. The summed E-state index contributed by atoms with van der Waals surface area (Å²) in [7, 11) is 0. The number of hydrogen-bond donors (Lipinski definition) is 1. The van der Waals surface area contributed by atoms with Gasteiger partial charge in [-0.3, -0.25) is 4.79 Å². The SMILES string of the molecule is CCCC(O)C(=O)Cl. The lowest BCUT2D eigenvalue weighted by Crippen LogP contribution is -2.13. The van der Waals surface area contributed by atoms with E-state index in [0.29, 0.717) is 6.42 Å². The number of rotatable bonds is 3. The zero-order valence-electron chi connectivity index (χ0n) is 4.72. The maximum atomic E-state index is 10.0. The second-order valence-corrected chi connectivity index (χ2v) is 1.98. The molecular formula is C5H9ClO2. The molecule has 0 amide bonds. The average molecular weight is 137 g/mol. The van der Waals surface area contributed by atoms with Gasteiger partial charge in [-0.2, -0.15) is 0 Å². The Kier molecular flexibility index (Phi) is 3.83. The van der Waals surface area contributed by atoms with Crippen molar-refractivity contribution < 1.29 is 9.90 Å². The van der Waals surface area contributed by atoms with Crippen molar-refractivity contribution in [3.63, 3.8) is 0 Å². The van der Waals surface area contributed by atoms with Crippen LogP contribution in [0, 0.1) is 0 Å². The molecule has 0 aliphatic heterocycles. The van der Waals surface area contributed by atoms with Crippen molar-refractivity contribution in [2.75, 3.05) is 0 Å². The number of aliphatic hydroxyl groups excluding tert-OH is 1. The van der Waals surface area contributed by atoms with Gasteiger partial charge in [-0.05, 0) is 18.0 Å². The van der Waals surface area contributed by atoms with E-state index in [4.69, 9.17) is 16.7 Å². The largest absolute Gasteiger partial charge is 0.384 e. The summed E-state index contributed by atoms with van der Waals surface area (Å²) >= 11 is 4.92. The third kappa shape index (κ3) is 2.99. The molecule has 0 radical (unpaired) electrons. The van der Waals surface area contributed by atoms with Gasteiger partial charge in [-0.1, -0.05) is 13.3 Å². The number of carbonyl (C=O) groups is 1. The van der Waals surface area contributed by atoms with Gasteiger partial charge in [0.2, 0.25) is 5.24 Å². The molecule has 48 valence electrons. The molecule has 0 rings (SSSR count). The Bertz CT molecular complexity index is 82.5. The zero-order valence-corrected chi connectivity index (χ0v) is 5.48. The van der Waals surface area contributed by atoms with Crippen molar-refractivity contribution in [1.29, 1.82) is 0 Å². The monoisotopic (exact) mass is 136 g/mol. The topological polar surface area (TPSA) is 37.3 Å². The molecule has 1 atom stereocenters. The van der Waals surface area contributed by atoms with E-state index in [-0.39, 0.29) is 0 Å². The Morgan fingerprint density at radius 1 is 1.88 bits per heavy atom. The van der Waals surface area contributed by atoms with Crippen LogP contribution in [0.2, 0.25) is 0 Å². The molecule has 0 aliphatic rings. The highest BCUT2D eigenvalue weighted by atomic mass is 35.5. The standard InChI is InChI=1S/C5H9ClO2/c1-2-3-4(7)5(6)8/h4,7H,2-3H2,1H3. The molecule has 0 spiro atoms. The molecule has 0 aromatic carbocycles. The Hall–Kier alpha value is -0.0800. The molecule has 1 unspecified atom stereocenters. The van der Waals surface area contributed by atoms with Crippen LogP contribution in [0.4, 0.5) is 0 Å². The fourth-order valence-corrected chi connectivity index (χ4v) is 0.496. The quantitative estimate of drug-likeness (QED) is 0.586. The molecule has 0 saturated heterocycles. The highest BCUT2D eigenvalue weighted by Crippen LogP contribution is 1.98. The first-order valence-corrected chi connectivity index (χ1v) is 2.93. The van der Waals surface area contributed by atoms with Gasteiger partial charge >= 0.3 is 0 Å². The summed E-state index contributed by atoms with van der Waals surface area (Å²) in [6.45, 7) is 1.88. The summed E-state index contributed by atoms with van der Waals surface area (Å²) in [6, 6.07) is 0. The van der Waals surface area contributed by atoms with Crippen LogP contribution in [-0.2, 0) is 4.79 Å². The van der Waals surface area contributed by atoms with Crippen molar-refractivity contribution in [2.24, 2.45) is 0 Å². The third-order valence-corrected chi connectivity index (χ3v) is 1.08.